The Bertz CT molecular complexity index is 210. The van der Waals surface area contributed by atoms with Gasteiger partial charge >= 0.3 is 0 Å². The molecule has 0 aromatic carbocycles. The average molecular weight is 196 g/mol. The van der Waals surface area contributed by atoms with Gasteiger partial charge in [-0.25, -0.2) is 9.13 Å². The lowest BCUT2D eigenvalue weighted by atomic mass is 10.3. The summed E-state index contributed by atoms with van der Waals surface area (Å²) in [5.41, 5.74) is 0. The Hall–Kier alpha value is -0.725. The molecule has 1 aromatic rings. The van der Waals surface area contributed by atoms with E-state index in [1.165, 1.54) is 25.7 Å². The first-order chi connectivity index (χ1) is 6.36. The van der Waals surface area contributed by atoms with Crippen molar-refractivity contribution in [1.29, 1.82) is 0 Å². The third-order valence-corrected chi connectivity index (χ3v) is 2.29. The molecular weight excluding hydrogens is 171 g/mol. The highest BCUT2D eigenvalue weighted by Gasteiger charge is 2.01. The summed E-state index contributed by atoms with van der Waals surface area (Å²) in [5.74, 6) is 0. The Morgan fingerprint density at radius 2 is 1.86 bits per heavy atom. The van der Waals surface area contributed by atoms with Gasteiger partial charge in [0.05, 0.1) is 13.1 Å². The van der Waals surface area contributed by atoms with Crippen molar-refractivity contribution in [3.8, 4) is 0 Å². The van der Waals surface area contributed by atoms with E-state index in [9.17, 15) is 0 Å². The smallest absolute Gasteiger partial charge is 0.237 e. The van der Waals surface area contributed by atoms with Crippen molar-refractivity contribution in [2.24, 2.45) is 0 Å². The number of imidazole rings is 1. The number of rotatable bonds is 6. The van der Waals surface area contributed by atoms with Crippen molar-refractivity contribution in [1.82, 2.24) is 4.57 Å². The average Bonchev–Trinajstić information content (AvgIpc) is 2.59. The van der Waals surface area contributed by atoms with E-state index in [0.29, 0.717) is 0 Å². The minimum atomic E-state index is 0. The molecule has 0 aliphatic rings. The van der Waals surface area contributed by atoms with Gasteiger partial charge < -0.3 is 0 Å². The Labute approximate surface area is 89.5 Å². The fourth-order valence-corrected chi connectivity index (χ4v) is 1.38. The quantitative estimate of drug-likeness (QED) is 0.472. The first kappa shape index (κ1) is 13.3. The molecule has 0 spiro atoms. The van der Waals surface area contributed by atoms with Crippen molar-refractivity contribution < 1.29 is 4.57 Å². The van der Waals surface area contributed by atoms with E-state index in [1.807, 2.05) is 0 Å². The van der Waals surface area contributed by atoms with Gasteiger partial charge in [0.15, 0.2) is 0 Å². The summed E-state index contributed by atoms with van der Waals surface area (Å²) in [6.45, 7) is 6.79. The van der Waals surface area contributed by atoms with Gasteiger partial charge in [0.2, 0.25) is 6.33 Å². The van der Waals surface area contributed by atoms with E-state index in [2.05, 4.69) is 41.7 Å². The van der Waals surface area contributed by atoms with Crippen LogP contribution in [-0.2, 0) is 13.1 Å². The fraction of sp³-hybridized carbons (Fsp3) is 0.727. The Morgan fingerprint density at radius 3 is 2.50 bits per heavy atom. The van der Waals surface area contributed by atoms with Gasteiger partial charge in [-0.05, 0) is 12.8 Å². The summed E-state index contributed by atoms with van der Waals surface area (Å²) in [6, 6.07) is 0. The summed E-state index contributed by atoms with van der Waals surface area (Å²) in [5, 5.41) is 0. The van der Waals surface area contributed by atoms with E-state index in [1.54, 1.807) is 0 Å². The van der Waals surface area contributed by atoms with Crippen LogP contribution in [0.4, 0.5) is 0 Å². The van der Waals surface area contributed by atoms with Crippen LogP contribution in [0.15, 0.2) is 18.7 Å². The zero-order valence-electron chi connectivity index (χ0n) is 8.87. The van der Waals surface area contributed by atoms with Crippen LogP contribution >= 0.6 is 0 Å². The minimum absolute atomic E-state index is 0. The van der Waals surface area contributed by atoms with E-state index in [4.69, 9.17) is 0 Å². The molecule has 0 unspecified atom stereocenters. The second-order valence-corrected chi connectivity index (χ2v) is 3.60. The third kappa shape index (κ3) is 4.49. The van der Waals surface area contributed by atoms with Crippen LogP contribution in [0.3, 0.4) is 0 Å². The van der Waals surface area contributed by atoms with E-state index in [-0.39, 0.29) is 8.41 Å². The van der Waals surface area contributed by atoms with Crippen LogP contribution in [0.25, 0.3) is 0 Å². The van der Waals surface area contributed by atoms with Crippen molar-refractivity contribution in [3.63, 3.8) is 0 Å². The van der Waals surface area contributed by atoms with Crippen molar-refractivity contribution >= 4 is 8.41 Å². The van der Waals surface area contributed by atoms with Crippen molar-refractivity contribution in [3.05, 3.63) is 18.7 Å². The lowest BCUT2D eigenvalue weighted by molar-refractivity contribution is -0.696. The van der Waals surface area contributed by atoms with Gasteiger partial charge in [-0.2, -0.15) is 0 Å². The fourth-order valence-electron chi connectivity index (χ4n) is 1.38. The second kappa shape index (κ2) is 7.66. The highest BCUT2D eigenvalue weighted by molar-refractivity contribution is 5.75. The lowest BCUT2D eigenvalue weighted by Gasteiger charge is -1.93. The normalized spacial score (nSPS) is 9.86. The predicted octanol–water partition coefficient (Wildman–Crippen LogP) is 0.924. The van der Waals surface area contributed by atoms with Gasteiger partial charge in [-0.15, -0.1) is 0 Å². The zero-order chi connectivity index (χ0) is 9.52. The molecular formula is C11H25BN2. The summed E-state index contributed by atoms with van der Waals surface area (Å²) in [7, 11) is 0. The minimum Gasteiger partial charge on any atom is -0.237 e. The van der Waals surface area contributed by atoms with Crippen LogP contribution in [0, 0.1) is 0 Å². The molecule has 0 aliphatic carbocycles. The largest absolute Gasteiger partial charge is 0.243 e. The number of aryl methyl sites for hydroxylation is 2. The Kier molecular flexibility index (Phi) is 7.26. The highest BCUT2D eigenvalue weighted by atomic mass is 15.1. The molecule has 1 aromatic heterocycles. The molecule has 1 rings (SSSR count). The van der Waals surface area contributed by atoms with Gasteiger partial charge in [-0.1, -0.05) is 35.1 Å². The number of hydrogen-bond acceptors (Lipinski definition) is 0. The van der Waals surface area contributed by atoms with Gasteiger partial charge in [0, 0.05) is 0 Å². The van der Waals surface area contributed by atoms with Crippen LogP contribution in [0.5, 0.6) is 0 Å². The third-order valence-electron chi connectivity index (χ3n) is 2.29. The van der Waals surface area contributed by atoms with Gasteiger partial charge in [-0.3, -0.25) is 0 Å². The number of nitrogens with zero attached hydrogens (tertiary/aromatic N) is 2. The molecule has 2 nitrogen and oxygen atoms in total. The molecule has 1 heterocycles. The standard InChI is InChI=1S/C11H21N2.BH4/c1-3-5-7-12-9-10-13(11-12)8-6-4-2;/h9-11H,3-8H2,1-2H3;1H4/q+1;-1. The second-order valence-electron chi connectivity index (χ2n) is 3.60. The lowest BCUT2D eigenvalue weighted by Crippen LogP contribution is -2.30. The van der Waals surface area contributed by atoms with Gasteiger partial charge in [0.1, 0.15) is 12.4 Å². The predicted molar refractivity (Wildman–Crippen MR) is 65.8 cm³/mol. The van der Waals surface area contributed by atoms with Crippen LogP contribution in [0.1, 0.15) is 39.5 Å². The molecule has 82 valence electrons. The van der Waals surface area contributed by atoms with Crippen molar-refractivity contribution in [2.75, 3.05) is 0 Å². The summed E-state index contributed by atoms with van der Waals surface area (Å²) in [4.78, 5) is 0. The molecule has 0 N–H and O–H groups in total. The monoisotopic (exact) mass is 196 g/mol. The first-order valence-corrected chi connectivity index (χ1v) is 5.41. The zero-order valence-corrected chi connectivity index (χ0v) is 8.87. The van der Waals surface area contributed by atoms with Crippen LogP contribution in [0.2, 0.25) is 0 Å². The topological polar surface area (TPSA) is 8.81 Å². The van der Waals surface area contributed by atoms with E-state index >= 15 is 0 Å². The molecule has 0 saturated carbocycles. The van der Waals surface area contributed by atoms with Crippen LogP contribution < -0.4 is 4.57 Å². The molecule has 0 atom stereocenters. The first-order valence-electron chi connectivity index (χ1n) is 5.41. The van der Waals surface area contributed by atoms with Crippen LogP contribution in [-0.4, -0.2) is 13.0 Å². The molecule has 3 heteroatoms. The van der Waals surface area contributed by atoms with Gasteiger partial charge in [0.25, 0.3) is 0 Å². The van der Waals surface area contributed by atoms with Crippen molar-refractivity contribution in [2.45, 2.75) is 52.6 Å². The molecule has 0 bridgehead atoms. The SMILES string of the molecule is CCCCn1cc[n+](CCCC)c1.[BH4-]. The maximum atomic E-state index is 2.28. The number of aromatic nitrogens is 2. The molecule has 0 amide bonds. The summed E-state index contributed by atoms with van der Waals surface area (Å²) in [6.07, 6.45) is 11.7. The summed E-state index contributed by atoms with van der Waals surface area (Å²) >= 11 is 0. The maximum absolute atomic E-state index is 2.28. The maximum Gasteiger partial charge on any atom is 0.243 e. The molecule has 0 radical (unpaired) electrons. The number of hydrogen-bond donors (Lipinski definition) is 0. The van der Waals surface area contributed by atoms with E-state index in [0.717, 1.165) is 13.1 Å². The molecule has 0 fully saturated rings. The Morgan fingerprint density at radius 1 is 1.14 bits per heavy atom. The molecule has 0 aliphatic heterocycles. The highest BCUT2D eigenvalue weighted by Crippen LogP contribution is 1.93. The summed E-state index contributed by atoms with van der Waals surface area (Å²) < 4.78 is 4.55. The molecule has 0 saturated heterocycles. The molecule has 14 heavy (non-hydrogen) atoms. The Balaban J connectivity index is 0.00000169. The van der Waals surface area contributed by atoms with E-state index < -0.39 is 0 Å². The number of unbranched alkanes of at least 4 members (excludes halogenated alkanes) is 2.